The standard InChI is InChI=1S/C22H18N2O6/c25-20-18-13-4-5-14(10-13)19(18)21(26)23(20)16-2-1-3-17(11-16)30-22(27)12-6-8-15(9-7-12)24(28)29/h1-3,6-9,11,13-14,18-19H,4-5,10H2/t13-,14-,18-,19+/m0/s1. The third-order valence-electron chi connectivity index (χ3n) is 6.53. The molecule has 4 atom stereocenters. The molecule has 0 spiro atoms. The number of non-ortho nitro benzene ring substituents is 1. The van der Waals surface area contributed by atoms with Crippen LogP contribution in [0.1, 0.15) is 29.6 Å². The van der Waals surface area contributed by atoms with Crippen LogP contribution in [0, 0.1) is 33.8 Å². The first-order valence-corrected chi connectivity index (χ1v) is 9.88. The van der Waals surface area contributed by atoms with Gasteiger partial charge in [-0.3, -0.25) is 19.7 Å². The molecule has 2 saturated carbocycles. The molecule has 30 heavy (non-hydrogen) atoms. The van der Waals surface area contributed by atoms with Crippen LogP contribution in [-0.2, 0) is 9.59 Å². The Morgan fingerprint density at radius 1 is 1.00 bits per heavy atom. The second kappa shape index (κ2) is 6.76. The first-order chi connectivity index (χ1) is 14.4. The number of benzene rings is 2. The number of carbonyl (C=O) groups is 3. The summed E-state index contributed by atoms with van der Waals surface area (Å²) in [4.78, 5) is 49.7. The van der Waals surface area contributed by atoms with Crippen LogP contribution >= 0.6 is 0 Å². The van der Waals surface area contributed by atoms with E-state index in [9.17, 15) is 24.5 Å². The number of esters is 1. The summed E-state index contributed by atoms with van der Waals surface area (Å²) in [5.41, 5.74) is 0.428. The van der Waals surface area contributed by atoms with Gasteiger partial charge < -0.3 is 4.74 Å². The van der Waals surface area contributed by atoms with Crippen LogP contribution in [0.25, 0.3) is 0 Å². The van der Waals surface area contributed by atoms with Crippen molar-refractivity contribution in [2.45, 2.75) is 19.3 Å². The summed E-state index contributed by atoms with van der Waals surface area (Å²) in [7, 11) is 0. The fourth-order valence-electron chi connectivity index (χ4n) is 5.23. The number of nitro groups is 1. The Morgan fingerprint density at radius 2 is 1.63 bits per heavy atom. The summed E-state index contributed by atoms with van der Waals surface area (Å²) in [5, 5.41) is 10.7. The summed E-state index contributed by atoms with van der Waals surface area (Å²) < 4.78 is 5.36. The molecule has 0 aromatic heterocycles. The van der Waals surface area contributed by atoms with E-state index in [0.29, 0.717) is 17.5 Å². The quantitative estimate of drug-likeness (QED) is 0.253. The Labute approximate surface area is 171 Å². The number of fused-ring (bicyclic) bond motifs is 5. The van der Waals surface area contributed by atoms with Crippen LogP contribution < -0.4 is 9.64 Å². The lowest BCUT2D eigenvalue weighted by Gasteiger charge is -2.19. The lowest BCUT2D eigenvalue weighted by Crippen LogP contribution is -2.32. The monoisotopic (exact) mass is 406 g/mol. The molecule has 5 rings (SSSR count). The Kier molecular flexibility index (Phi) is 4.16. The van der Waals surface area contributed by atoms with Gasteiger partial charge in [0.1, 0.15) is 5.75 Å². The zero-order valence-electron chi connectivity index (χ0n) is 15.9. The molecule has 1 aliphatic heterocycles. The third kappa shape index (κ3) is 2.79. The Morgan fingerprint density at radius 3 is 2.23 bits per heavy atom. The Balaban J connectivity index is 1.36. The van der Waals surface area contributed by atoms with Crippen molar-refractivity contribution in [1.29, 1.82) is 0 Å². The van der Waals surface area contributed by atoms with E-state index in [4.69, 9.17) is 4.74 Å². The lowest BCUT2D eigenvalue weighted by molar-refractivity contribution is -0.384. The predicted molar refractivity (Wildman–Crippen MR) is 105 cm³/mol. The van der Waals surface area contributed by atoms with E-state index in [1.807, 2.05) is 0 Å². The maximum Gasteiger partial charge on any atom is 0.343 e. The molecular weight excluding hydrogens is 388 g/mol. The highest BCUT2D eigenvalue weighted by atomic mass is 16.6. The molecular formula is C22H18N2O6. The summed E-state index contributed by atoms with van der Waals surface area (Å²) in [6.07, 6.45) is 2.98. The van der Waals surface area contributed by atoms with Crippen molar-refractivity contribution in [3.05, 3.63) is 64.2 Å². The molecule has 0 radical (unpaired) electrons. The minimum Gasteiger partial charge on any atom is -0.423 e. The van der Waals surface area contributed by atoms with Crippen LogP contribution in [0.2, 0.25) is 0 Å². The molecule has 2 bridgehead atoms. The second-order valence-corrected chi connectivity index (χ2v) is 8.09. The smallest absolute Gasteiger partial charge is 0.343 e. The predicted octanol–water partition coefficient (Wildman–Crippen LogP) is 3.35. The van der Waals surface area contributed by atoms with Gasteiger partial charge in [0, 0.05) is 18.2 Å². The molecule has 0 N–H and O–H groups in total. The zero-order valence-corrected chi connectivity index (χ0v) is 15.9. The number of rotatable bonds is 4. The maximum atomic E-state index is 13.0. The number of carbonyl (C=O) groups excluding carboxylic acids is 3. The number of ether oxygens (including phenoxy) is 1. The number of nitrogens with zero attached hydrogens (tertiary/aromatic N) is 2. The molecule has 3 fully saturated rings. The molecule has 0 unspecified atom stereocenters. The lowest BCUT2D eigenvalue weighted by atomic mass is 9.81. The van der Waals surface area contributed by atoms with Crippen molar-refractivity contribution in [3.63, 3.8) is 0 Å². The minimum absolute atomic E-state index is 0.126. The van der Waals surface area contributed by atoms with Gasteiger partial charge in [-0.15, -0.1) is 0 Å². The van der Waals surface area contributed by atoms with Crippen LogP contribution in [0.5, 0.6) is 5.75 Å². The van der Waals surface area contributed by atoms with E-state index in [-0.39, 0.29) is 40.7 Å². The van der Waals surface area contributed by atoms with E-state index in [2.05, 4.69) is 0 Å². The van der Waals surface area contributed by atoms with Gasteiger partial charge in [-0.1, -0.05) is 6.07 Å². The summed E-state index contributed by atoms with van der Waals surface area (Å²) in [6.45, 7) is 0. The van der Waals surface area contributed by atoms with Gasteiger partial charge in [0.2, 0.25) is 11.8 Å². The van der Waals surface area contributed by atoms with Crippen LogP contribution in [0.4, 0.5) is 11.4 Å². The van der Waals surface area contributed by atoms with E-state index < -0.39 is 10.9 Å². The topological polar surface area (TPSA) is 107 Å². The number of anilines is 1. The van der Waals surface area contributed by atoms with Crippen molar-refractivity contribution in [2.75, 3.05) is 4.90 Å². The maximum absolute atomic E-state index is 13.0. The number of nitro benzene ring substituents is 1. The third-order valence-corrected chi connectivity index (χ3v) is 6.53. The first-order valence-electron chi connectivity index (χ1n) is 9.88. The molecule has 2 aliphatic carbocycles. The fourth-order valence-corrected chi connectivity index (χ4v) is 5.23. The van der Waals surface area contributed by atoms with Gasteiger partial charge in [-0.25, -0.2) is 9.69 Å². The van der Waals surface area contributed by atoms with Crippen molar-refractivity contribution in [3.8, 4) is 5.75 Å². The first kappa shape index (κ1) is 18.5. The van der Waals surface area contributed by atoms with E-state index in [1.165, 1.54) is 35.2 Å². The normalized spacial score (nSPS) is 26.7. The van der Waals surface area contributed by atoms with Crippen LogP contribution in [-0.4, -0.2) is 22.7 Å². The molecule has 3 aliphatic rings. The van der Waals surface area contributed by atoms with Gasteiger partial charge in [0.25, 0.3) is 5.69 Å². The minimum atomic E-state index is -0.684. The SMILES string of the molecule is O=C(Oc1cccc(N2C(=O)[C@@H]3[C@H]4CC[C@@H](C4)[C@@H]3C2=O)c1)c1ccc([N+](=O)[O-])cc1. The highest BCUT2D eigenvalue weighted by Crippen LogP contribution is 2.56. The number of imide groups is 1. The molecule has 1 heterocycles. The van der Waals surface area contributed by atoms with Gasteiger partial charge >= 0.3 is 5.97 Å². The van der Waals surface area contributed by atoms with Gasteiger partial charge in [-0.2, -0.15) is 0 Å². The molecule has 2 aromatic carbocycles. The number of amides is 2. The molecule has 8 heteroatoms. The highest BCUT2D eigenvalue weighted by Gasteiger charge is 2.61. The van der Waals surface area contributed by atoms with E-state index >= 15 is 0 Å². The average molecular weight is 406 g/mol. The zero-order chi connectivity index (χ0) is 21.0. The Hall–Kier alpha value is -3.55. The molecule has 1 saturated heterocycles. The van der Waals surface area contributed by atoms with Crippen molar-refractivity contribution in [1.82, 2.24) is 0 Å². The summed E-state index contributed by atoms with van der Waals surface area (Å²) in [6, 6.07) is 11.4. The Bertz CT molecular complexity index is 1050. The second-order valence-electron chi connectivity index (χ2n) is 8.09. The molecule has 152 valence electrons. The largest absolute Gasteiger partial charge is 0.423 e. The number of hydrogen-bond acceptors (Lipinski definition) is 6. The fraction of sp³-hybridized carbons (Fsp3) is 0.318. The summed E-state index contributed by atoms with van der Waals surface area (Å²) >= 11 is 0. The highest BCUT2D eigenvalue weighted by molar-refractivity contribution is 6.22. The molecule has 8 nitrogen and oxygen atoms in total. The van der Waals surface area contributed by atoms with Gasteiger partial charge in [0.15, 0.2) is 0 Å². The van der Waals surface area contributed by atoms with E-state index in [0.717, 1.165) is 19.3 Å². The number of hydrogen-bond donors (Lipinski definition) is 0. The van der Waals surface area contributed by atoms with Crippen molar-refractivity contribution < 1.29 is 24.0 Å². The van der Waals surface area contributed by atoms with Crippen LogP contribution in [0.3, 0.4) is 0 Å². The van der Waals surface area contributed by atoms with Gasteiger partial charge in [-0.05, 0) is 55.4 Å². The van der Waals surface area contributed by atoms with E-state index in [1.54, 1.807) is 18.2 Å². The van der Waals surface area contributed by atoms with Crippen LogP contribution in [0.15, 0.2) is 48.5 Å². The molecule has 2 amide bonds. The molecule has 2 aromatic rings. The van der Waals surface area contributed by atoms with Crippen molar-refractivity contribution in [2.24, 2.45) is 23.7 Å². The van der Waals surface area contributed by atoms with Gasteiger partial charge in [0.05, 0.1) is 28.0 Å². The van der Waals surface area contributed by atoms with Crippen molar-refractivity contribution >= 4 is 29.2 Å². The summed E-state index contributed by atoms with van der Waals surface area (Å²) in [5.74, 6) is -0.654. The average Bonchev–Trinajstić information content (AvgIpc) is 3.42.